The van der Waals surface area contributed by atoms with E-state index in [1.165, 1.54) is 12.3 Å². The minimum atomic E-state index is -2.49. The van der Waals surface area contributed by atoms with Gasteiger partial charge in [0.1, 0.15) is 0 Å². The molecule has 1 amide bonds. The van der Waals surface area contributed by atoms with Crippen molar-refractivity contribution < 1.29 is 13.6 Å². The molecule has 0 bridgehead atoms. The van der Waals surface area contributed by atoms with Crippen molar-refractivity contribution in [2.45, 2.75) is 19.3 Å². The summed E-state index contributed by atoms with van der Waals surface area (Å²) in [5, 5.41) is 6.15. The first-order chi connectivity index (χ1) is 9.62. The molecule has 2 N–H and O–H groups in total. The first-order valence-corrected chi connectivity index (χ1v) is 6.84. The lowest BCUT2D eigenvalue weighted by Gasteiger charge is -2.12. The highest BCUT2D eigenvalue weighted by Gasteiger charge is 2.62. The van der Waals surface area contributed by atoms with Crippen LogP contribution in [-0.4, -0.2) is 30.5 Å². The Labute approximate surface area is 116 Å². The third-order valence-corrected chi connectivity index (χ3v) is 4.28. The summed E-state index contributed by atoms with van der Waals surface area (Å²) in [6.07, 6.45) is 0.242. The molecule has 2 aliphatic rings. The summed E-state index contributed by atoms with van der Waals surface area (Å²) in [6.45, 7) is 2.20. The van der Waals surface area contributed by atoms with E-state index in [0.717, 1.165) is 19.5 Å². The van der Waals surface area contributed by atoms with Crippen molar-refractivity contribution in [3.63, 3.8) is 0 Å². The van der Waals surface area contributed by atoms with E-state index in [2.05, 4.69) is 15.6 Å². The van der Waals surface area contributed by atoms with E-state index < -0.39 is 6.43 Å². The Hall–Kier alpha value is -1.56. The van der Waals surface area contributed by atoms with Crippen molar-refractivity contribution in [2.24, 2.45) is 11.3 Å². The third kappa shape index (κ3) is 2.40. The number of hydrogen-bond donors (Lipinski definition) is 2. The number of piperidine rings is 1. The zero-order chi connectivity index (χ0) is 14.2. The maximum Gasteiger partial charge on any atom is 0.265 e. The number of rotatable bonds is 5. The summed E-state index contributed by atoms with van der Waals surface area (Å²) in [4.78, 5) is 16.1. The van der Waals surface area contributed by atoms with Gasteiger partial charge in [-0.15, -0.1) is 0 Å². The van der Waals surface area contributed by atoms with E-state index in [1.54, 1.807) is 6.07 Å². The van der Waals surface area contributed by atoms with Crippen LogP contribution in [0.25, 0.3) is 0 Å². The summed E-state index contributed by atoms with van der Waals surface area (Å²) < 4.78 is 24.7. The summed E-state index contributed by atoms with van der Waals surface area (Å²) in [6, 6.07) is 2.97. The second-order valence-electron chi connectivity index (χ2n) is 5.58. The fourth-order valence-electron chi connectivity index (χ4n) is 2.89. The number of hydrogen-bond acceptors (Lipinski definition) is 3. The molecule has 20 heavy (non-hydrogen) atoms. The van der Waals surface area contributed by atoms with Crippen molar-refractivity contribution in [2.75, 3.05) is 19.6 Å². The van der Waals surface area contributed by atoms with Gasteiger partial charge in [0, 0.05) is 37.0 Å². The molecule has 0 aromatic carbocycles. The van der Waals surface area contributed by atoms with E-state index in [9.17, 15) is 13.6 Å². The molecule has 1 aliphatic carbocycles. The highest BCUT2D eigenvalue weighted by Crippen LogP contribution is 2.54. The van der Waals surface area contributed by atoms with E-state index in [1.807, 2.05) is 0 Å². The molecule has 1 aromatic heterocycles. The summed E-state index contributed by atoms with van der Waals surface area (Å²) in [7, 11) is 0. The number of nitrogens with zero attached hydrogens (tertiary/aromatic N) is 1. The molecular weight excluding hydrogens is 264 g/mol. The van der Waals surface area contributed by atoms with Crippen LogP contribution in [-0.2, 0) is 11.2 Å². The minimum absolute atomic E-state index is 0.0745. The number of amides is 1. The van der Waals surface area contributed by atoms with E-state index in [0.29, 0.717) is 24.6 Å². The van der Waals surface area contributed by atoms with Gasteiger partial charge >= 0.3 is 0 Å². The van der Waals surface area contributed by atoms with Gasteiger partial charge in [-0.05, 0) is 31.0 Å². The quantitative estimate of drug-likeness (QED) is 0.855. The van der Waals surface area contributed by atoms with Gasteiger partial charge in [0.05, 0.1) is 5.41 Å². The standard InChI is InChI=1S/C14H17F2N3O/c15-12(16)9-1-2-11(19-6-9)3-4-18-13(20)14-5-10(14)7-17-8-14/h1-2,6,10,12,17H,3-5,7-8H2,(H,18,20)/t10-,14-/m1/s1. The lowest BCUT2D eigenvalue weighted by Crippen LogP contribution is -2.36. The van der Waals surface area contributed by atoms with Crippen LogP contribution in [0.4, 0.5) is 8.78 Å². The van der Waals surface area contributed by atoms with Crippen LogP contribution < -0.4 is 10.6 Å². The van der Waals surface area contributed by atoms with Gasteiger partial charge in [0.2, 0.25) is 5.91 Å². The molecule has 2 atom stereocenters. The van der Waals surface area contributed by atoms with Crippen LogP contribution in [0.1, 0.15) is 24.1 Å². The van der Waals surface area contributed by atoms with E-state index in [4.69, 9.17) is 0 Å². The second-order valence-corrected chi connectivity index (χ2v) is 5.58. The van der Waals surface area contributed by atoms with Gasteiger partial charge in [-0.25, -0.2) is 8.78 Å². The average Bonchev–Trinajstić information content (AvgIpc) is 3.01. The maximum atomic E-state index is 12.4. The summed E-state index contributed by atoms with van der Waals surface area (Å²) >= 11 is 0. The van der Waals surface area contributed by atoms with Crippen molar-refractivity contribution in [3.8, 4) is 0 Å². The Morgan fingerprint density at radius 2 is 2.40 bits per heavy atom. The van der Waals surface area contributed by atoms with Crippen LogP contribution in [0.2, 0.25) is 0 Å². The van der Waals surface area contributed by atoms with Crippen LogP contribution >= 0.6 is 0 Å². The monoisotopic (exact) mass is 281 g/mol. The number of carbonyl (C=O) groups is 1. The Balaban J connectivity index is 1.47. The number of halogens is 2. The molecule has 0 radical (unpaired) electrons. The normalized spacial score (nSPS) is 27.4. The number of carbonyl (C=O) groups excluding carboxylic acids is 1. The zero-order valence-electron chi connectivity index (χ0n) is 11.0. The van der Waals surface area contributed by atoms with Gasteiger partial charge in [-0.2, -0.15) is 0 Å². The predicted octanol–water partition coefficient (Wildman–Crippen LogP) is 1.29. The Kier molecular flexibility index (Phi) is 3.41. The van der Waals surface area contributed by atoms with Crippen LogP contribution in [0.15, 0.2) is 18.3 Å². The molecule has 0 spiro atoms. The molecule has 4 nitrogen and oxygen atoms in total. The van der Waals surface area contributed by atoms with E-state index in [-0.39, 0.29) is 16.9 Å². The second kappa shape index (κ2) is 5.09. The molecule has 1 saturated heterocycles. The Morgan fingerprint density at radius 1 is 1.55 bits per heavy atom. The number of aromatic nitrogens is 1. The van der Waals surface area contributed by atoms with Gasteiger partial charge in [-0.1, -0.05) is 0 Å². The lowest BCUT2D eigenvalue weighted by atomic mass is 10.1. The largest absolute Gasteiger partial charge is 0.355 e. The molecule has 1 saturated carbocycles. The molecule has 3 rings (SSSR count). The van der Waals surface area contributed by atoms with Crippen LogP contribution in [0, 0.1) is 11.3 Å². The molecule has 1 aliphatic heterocycles. The topological polar surface area (TPSA) is 54.0 Å². The molecule has 108 valence electrons. The minimum Gasteiger partial charge on any atom is -0.355 e. The van der Waals surface area contributed by atoms with Gasteiger partial charge in [-0.3, -0.25) is 9.78 Å². The fraction of sp³-hybridized carbons (Fsp3) is 0.571. The highest BCUT2D eigenvalue weighted by atomic mass is 19.3. The molecular formula is C14H17F2N3O. The first-order valence-electron chi connectivity index (χ1n) is 6.84. The number of fused-ring (bicyclic) bond motifs is 1. The van der Waals surface area contributed by atoms with Gasteiger partial charge in [0.15, 0.2) is 0 Å². The van der Waals surface area contributed by atoms with Crippen molar-refractivity contribution >= 4 is 5.91 Å². The molecule has 2 fully saturated rings. The zero-order valence-corrected chi connectivity index (χ0v) is 11.0. The van der Waals surface area contributed by atoms with Crippen LogP contribution in [0.3, 0.4) is 0 Å². The Morgan fingerprint density at radius 3 is 2.95 bits per heavy atom. The number of nitrogens with one attached hydrogen (secondary N) is 2. The third-order valence-electron chi connectivity index (χ3n) is 4.28. The van der Waals surface area contributed by atoms with Crippen molar-refractivity contribution in [1.29, 1.82) is 0 Å². The SMILES string of the molecule is O=C(NCCc1ccc(C(F)F)cn1)[C@]12CNC[C@H]1C2. The molecule has 2 heterocycles. The Bertz CT molecular complexity index is 506. The molecule has 1 aromatic rings. The average molecular weight is 281 g/mol. The highest BCUT2D eigenvalue weighted by molar-refractivity contribution is 5.86. The first kappa shape index (κ1) is 13.4. The number of alkyl halides is 2. The van der Waals surface area contributed by atoms with Crippen molar-refractivity contribution in [1.82, 2.24) is 15.6 Å². The van der Waals surface area contributed by atoms with Gasteiger partial charge < -0.3 is 10.6 Å². The molecule has 6 heteroatoms. The lowest BCUT2D eigenvalue weighted by molar-refractivity contribution is -0.126. The fourth-order valence-corrected chi connectivity index (χ4v) is 2.89. The van der Waals surface area contributed by atoms with Crippen LogP contribution in [0.5, 0.6) is 0 Å². The maximum absolute atomic E-state index is 12.4. The van der Waals surface area contributed by atoms with E-state index >= 15 is 0 Å². The summed E-state index contributed by atoms with van der Waals surface area (Å²) in [5.74, 6) is 0.600. The number of pyridine rings is 1. The smallest absolute Gasteiger partial charge is 0.265 e. The predicted molar refractivity (Wildman–Crippen MR) is 69.3 cm³/mol. The van der Waals surface area contributed by atoms with Gasteiger partial charge in [0.25, 0.3) is 6.43 Å². The summed E-state index contributed by atoms with van der Waals surface area (Å²) in [5.41, 5.74) is 0.464. The van der Waals surface area contributed by atoms with Crippen molar-refractivity contribution in [3.05, 3.63) is 29.6 Å². The molecule has 0 unspecified atom stereocenters.